The zero-order valence-electron chi connectivity index (χ0n) is 12.9. The van der Waals surface area contributed by atoms with Gasteiger partial charge in [-0.05, 0) is 29.3 Å². The summed E-state index contributed by atoms with van der Waals surface area (Å²) in [6, 6.07) is 8.25. The molecular formula is C17H15ClN2O4. The van der Waals surface area contributed by atoms with Crippen LogP contribution in [0.1, 0.15) is 21.6 Å². The molecule has 1 aromatic carbocycles. The van der Waals surface area contributed by atoms with Crippen molar-refractivity contribution in [3.63, 3.8) is 0 Å². The van der Waals surface area contributed by atoms with E-state index in [0.29, 0.717) is 5.02 Å². The number of carbonyl (C=O) groups is 2. The molecule has 0 fully saturated rings. The van der Waals surface area contributed by atoms with Crippen LogP contribution in [-0.4, -0.2) is 34.6 Å². The minimum absolute atomic E-state index is 0.150. The maximum atomic E-state index is 12.5. The van der Waals surface area contributed by atoms with Crippen LogP contribution in [0.4, 0.5) is 0 Å². The van der Waals surface area contributed by atoms with Gasteiger partial charge in [0.1, 0.15) is 11.3 Å². The number of rotatable bonds is 3. The van der Waals surface area contributed by atoms with E-state index in [-0.39, 0.29) is 24.3 Å². The number of fused-ring (bicyclic) bond motifs is 1. The first kappa shape index (κ1) is 16.3. The highest BCUT2D eigenvalue weighted by atomic mass is 35.5. The summed E-state index contributed by atoms with van der Waals surface area (Å²) in [7, 11) is 1.26. The van der Waals surface area contributed by atoms with Gasteiger partial charge in [0, 0.05) is 24.1 Å². The van der Waals surface area contributed by atoms with E-state index in [9.17, 15) is 14.7 Å². The minimum atomic E-state index is -1.27. The standard InChI is InChI=1S/C17H15ClN2O4/c1-24-16(23)17(8-10-4-2-5-12(18)11(10)9-17)20-15(22)14-13(21)6-3-7-19-14/h2-7,21H,8-9H2,1H3,(H,20,22). The van der Waals surface area contributed by atoms with Crippen molar-refractivity contribution in [1.29, 1.82) is 0 Å². The monoisotopic (exact) mass is 346 g/mol. The van der Waals surface area contributed by atoms with Crippen LogP contribution in [0.5, 0.6) is 5.75 Å². The molecule has 1 unspecified atom stereocenters. The van der Waals surface area contributed by atoms with E-state index in [2.05, 4.69) is 10.3 Å². The third-order valence-electron chi connectivity index (χ3n) is 4.12. The highest BCUT2D eigenvalue weighted by Gasteiger charge is 2.47. The largest absolute Gasteiger partial charge is 0.505 e. The number of aromatic hydroxyl groups is 1. The van der Waals surface area contributed by atoms with E-state index in [1.54, 1.807) is 12.1 Å². The smallest absolute Gasteiger partial charge is 0.332 e. The molecule has 7 heteroatoms. The van der Waals surface area contributed by atoms with Gasteiger partial charge in [0.25, 0.3) is 5.91 Å². The fourth-order valence-corrected chi connectivity index (χ4v) is 3.24. The predicted octanol–water partition coefficient (Wildman–Crippen LogP) is 1.88. The second-order valence-corrected chi connectivity index (χ2v) is 6.04. The quantitative estimate of drug-likeness (QED) is 0.828. The van der Waals surface area contributed by atoms with Gasteiger partial charge in [0.15, 0.2) is 5.69 Å². The zero-order valence-corrected chi connectivity index (χ0v) is 13.6. The molecule has 2 N–H and O–H groups in total. The van der Waals surface area contributed by atoms with Crippen molar-refractivity contribution in [2.24, 2.45) is 0 Å². The van der Waals surface area contributed by atoms with Gasteiger partial charge < -0.3 is 15.2 Å². The Morgan fingerprint density at radius 1 is 1.29 bits per heavy atom. The number of hydrogen-bond donors (Lipinski definition) is 2. The van der Waals surface area contributed by atoms with Gasteiger partial charge in [0.2, 0.25) is 0 Å². The van der Waals surface area contributed by atoms with E-state index in [1.807, 2.05) is 6.07 Å². The third kappa shape index (κ3) is 2.69. The molecule has 3 rings (SSSR count). The molecule has 0 aliphatic heterocycles. The average molecular weight is 347 g/mol. The molecule has 124 valence electrons. The van der Waals surface area contributed by atoms with Crippen LogP contribution in [0.2, 0.25) is 5.02 Å². The highest BCUT2D eigenvalue weighted by molar-refractivity contribution is 6.31. The number of hydrogen-bond acceptors (Lipinski definition) is 5. The van der Waals surface area contributed by atoms with Gasteiger partial charge in [-0.15, -0.1) is 0 Å². The first-order valence-electron chi connectivity index (χ1n) is 7.28. The van der Waals surface area contributed by atoms with Gasteiger partial charge in [-0.2, -0.15) is 0 Å². The van der Waals surface area contributed by atoms with Gasteiger partial charge >= 0.3 is 5.97 Å². The molecule has 0 bridgehead atoms. The lowest BCUT2D eigenvalue weighted by molar-refractivity contribution is -0.147. The van der Waals surface area contributed by atoms with Crippen LogP contribution in [0.25, 0.3) is 0 Å². The lowest BCUT2D eigenvalue weighted by atomic mass is 9.95. The summed E-state index contributed by atoms with van der Waals surface area (Å²) in [6.07, 6.45) is 1.86. The summed E-state index contributed by atoms with van der Waals surface area (Å²) in [4.78, 5) is 28.8. The molecule has 1 aliphatic carbocycles. The lowest BCUT2D eigenvalue weighted by Gasteiger charge is -2.27. The number of nitrogens with zero attached hydrogens (tertiary/aromatic N) is 1. The Morgan fingerprint density at radius 2 is 2.08 bits per heavy atom. The van der Waals surface area contributed by atoms with Crippen molar-refractivity contribution in [3.8, 4) is 5.75 Å². The zero-order chi connectivity index (χ0) is 17.3. The van der Waals surface area contributed by atoms with E-state index < -0.39 is 17.4 Å². The number of carbonyl (C=O) groups excluding carboxylic acids is 2. The Kier molecular flexibility index (Phi) is 4.15. The Morgan fingerprint density at radius 3 is 2.75 bits per heavy atom. The van der Waals surface area contributed by atoms with Crippen molar-refractivity contribution in [1.82, 2.24) is 10.3 Å². The fourth-order valence-electron chi connectivity index (χ4n) is 2.98. The van der Waals surface area contributed by atoms with E-state index >= 15 is 0 Å². The fraction of sp³-hybridized carbons (Fsp3) is 0.235. The summed E-state index contributed by atoms with van der Waals surface area (Å²) < 4.78 is 4.90. The van der Waals surface area contributed by atoms with Gasteiger partial charge in [0.05, 0.1) is 7.11 Å². The van der Waals surface area contributed by atoms with Gasteiger partial charge in [-0.1, -0.05) is 23.7 Å². The minimum Gasteiger partial charge on any atom is -0.505 e. The molecule has 2 aromatic rings. The molecule has 1 atom stereocenters. The summed E-state index contributed by atoms with van der Waals surface area (Å²) in [5.74, 6) is -1.48. The number of aromatic nitrogens is 1. The molecule has 0 saturated carbocycles. The van der Waals surface area contributed by atoms with Crippen LogP contribution < -0.4 is 5.32 Å². The van der Waals surface area contributed by atoms with Crippen molar-refractivity contribution in [2.75, 3.05) is 7.11 Å². The molecular weight excluding hydrogens is 332 g/mol. The third-order valence-corrected chi connectivity index (χ3v) is 4.47. The average Bonchev–Trinajstić information content (AvgIpc) is 2.95. The molecule has 0 spiro atoms. The number of pyridine rings is 1. The molecule has 0 radical (unpaired) electrons. The van der Waals surface area contributed by atoms with E-state index in [1.165, 1.54) is 25.4 Å². The van der Waals surface area contributed by atoms with Crippen molar-refractivity contribution < 1.29 is 19.4 Å². The van der Waals surface area contributed by atoms with Crippen molar-refractivity contribution >= 4 is 23.5 Å². The summed E-state index contributed by atoms with van der Waals surface area (Å²) >= 11 is 6.21. The number of benzene rings is 1. The lowest BCUT2D eigenvalue weighted by Crippen LogP contribution is -2.56. The van der Waals surface area contributed by atoms with Crippen LogP contribution in [0, 0.1) is 0 Å². The maximum Gasteiger partial charge on any atom is 0.332 e. The number of ether oxygens (including phenoxy) is 1. The second-order valence-electron chi connectivity index (χ2n) is 5.63. The van der Waals surface area contributed by atoms with E-state index in [0.717, 1.165) is 11.1 Å². The number of amides is 1. The molecule has 0 saturated heterocycles. The number of nitrogens with one attached hydrogen (secondary N) is 1. The Bertz CT molecular complexity index is 824. The van der Waals surface area contributed by atoms with Crippen LogP contribution >= 0.6 is 11.6 Å². The topological polar surface area (TPSA) is 88.5 Å². The number of esters is 1. The summed E-state index contributed by atoms with van der Waals surface area (Å²) in [5.41, 5.74) is 0.250. The molecule has 1 amide bonds. The molecule has 6 nitrogen and oxygen atoms in total. The highest BCUT2D eigenvalue weighted by Crippen LogP contribution is 2.35. The molecule has 1 aromatic heterocycles. The number of halogens is 1. The van der Waals surface area contributed by atoms with Crippen LogP contribution in [0.15, 0.2) is 36.5 Å². The molecule has 1 aliphatic rings. The summed E-state index contributed by atoms with van der Waals surface area (Å²) in [6.45, 7) is 0. The SMILES string of the molecule is COC(=O)C1(NC(=O)c2ncccc2O)Cc2cccc(Cl)c2C1. The van der Waals surface area contributed by atoms with Crippen LogP contribution in [0.3, 0.4) is 0 Å². The maximum absolute atomic E-state index is 12.5. The van der Waals surface area contributed by atoms with Gasteiger partial charge in [-0.25, -0.2) is 9.78 Å². The van der Waals surface area contributed by atoms with Crippen molar-refractivity contribution in [3.05, 3.63) is 58.4 Å². The first-order chi connectivity index (χ1) is 11.5. The Balaban J connectivity index is 1.95. The first-order valence-corrected chi connectivity index (χ1v) is 7.66. The molecule has 24 heavy (non-hydrogen) atoms. The number of methoxy groups -OCH3 is 1. The summed E-state index contributed by atoms with van der Waals surface area (Å²) in [5, 5.41) is 13.0. The second kappa shape index (κ2) is 6.13. The predicted molar refractivity (Wildman–Crippen MR) is 87.0 cm³/mol. The van der Waals surface area contributed by atoms with Gasteiger partial charge in [-0.3, -0.25) is 4.79 Å². The van der Waals surface area contributed by atoms with Crippen LogP contribution in [-0.2, 0) is 22.4 Å². The Hall–Kier alpha value is -2.60. The Labute approximate surface area is 143 Å². The normalized spacial score (nSPS) is 18.8. The van der Waals surface area contributed by atoms with Crippen molar-refractivity contribution in [2.45, 2.75) is 18.4 Å². The molecule has 1 heterocycles. The van der Waals surface area contributed by atoms with E-state index in [4.69, 9.17) is 16.3 Å².